The topological polar surface area (TPSA) is 35.5 Å². The fourth-order valence-corrected chi connectivity index (χ4v) is 2.71. The van der Waals surface area contributed by atoms with Crippen molar-refractivity contribution in [2.75, 3.05) is 7.11 Å². The molecule has 1 aliphatic carbocycles. The quantitative estimate of drug-likeness (QED) is 0.611. The highest BCUT2D eigenvalue weighted by molar-refractivity contribution is 6.32. The van der Waals surface area contributed by atoms with Gasteiger partial charge in [0.05, 0.1) is 18.2 Å². The first-order chi connectivity index (χ1) is 9.24. The minimum Gasteiger partial charge on any atom is -0.493 e. The summed E-state index contributed by atoms with van der Waals surface area (Å²) in [4.78, 5) is 10.8. The molecular formula is C15H19ClO3. The van der Waals surface area contributed by atoms with Crippen LogP contribution in [-0.4, -0.2) is 19.5 Å². The summed E-state index contributed by atoms with van der Waals surface area (Å²) in [5.41, 5.74) is 0.495. The van der Waals surface area contributed by atoms with Crippen LogP contribution in [0.1, 0.15) is 48.9 Å². The van der Waals surface area contributed by atoms with E-state index in [2.05, 4.69) is 0 Å². The Hall–Kier alpha value is -1.22. The fourth-order valence-electron chi connectivity index (χ4n) is 2.45. The van der Waals surface area contributed by atoms with Crippen LogP contribution >= 0.6 is 11.6 Å². The summed E-state index contributed by atoms with van der Waals surface area (Å²) >= 11 is 6.19. The molecule has 0 N–H and O–H groups in total. The van der Waals surface area contributed by atoms with E-state index in [-0.39, 0.29) is 6.10 Å². The van der Waals surface area contributed by atoms with Gasteiger partial charge in [-0.1, -0.05) is 24.4 Å². The van der Waals surface area contributed by atoms with E-state index in [1.54, 1.807) is 19.2 Å². The zero-order chi connectivity index (χ0) is 13.7. The maximum atomic E-state index is 10.8. The molecule has 0 bridgehead atoms. The van der Waals surface area contributed by atoms with E-state index >= 15 is 0 Å². The SMILES string of the molecule is COc1cc(C=O)cc(Cl)c1OC1CCCCCC1. The standard InChI is InChI=1S/C15H19ClO3/c1-18-14-9-11(10-17)8-13(16)15(14)19-12-6-4-2-3-5-7-12/h8-10,12H,2-7H2,1H3. The van der Waals surface area contributed by atoms with E-state index in [0.29, 0.717) is 22.1 Å². The normalized spacial score (nSPS) is 16.7. The van der Waals surface area contributed by atoms with Crippen LogP contribution in [0.2, 0.25) is 5.02 Å². The molecule has 3 nitrogen and oxygen atoms in total. The second-order valence-corrected chi connectivity index (χ2v) is 5.29. The molecule has 0 spiro atoms. The largest absolute Gasteiger partial charge is 0.493 e. The van der Waals surface area contributed by atoms with Gasteiger partial charge in [0.1, 0.15) is 6.29 Å². The Kier molecular flexibility index (Phi) is 5.08. The highest BCUT2D eigenvalue weighted by atomic mass is 35.5. The van der Waals surface area contributed by atoms with Crippen molar-refractivity contribution in [1.82, 2.24) is 0 Å². The van der Waals surface area contributed by atoms with Gasteiger partial charge in [-0.15, -0.1) is 0 Å². The van der Waals surface area contributed by atoms with Gasteiger partial charge in [-0.05, 0) is 37.8 Å². The molecule has 0 aromatic heterocycles. The number of hydrogen-bond donors (Lipinski definition) is 0. The Balaban J connectivity index is 2.20. The average molecular weight is 283 g/mol. The molecule has 0 unspecified atom stereocenters. The zero-order valence-electron chi connectivity index (χ0n) is 11.2. The maximum absolute atomic E-state index is 10.8. The Morgan fingerprint density at radius 1 is 1.21 bits per heavy atom. The van der Waals surface area contributed by atoms with Gasteiger partial charge in [0.25, 0.3) is 0 Å². The first kappa shape index (κ1) is 14.2. The van der Waals surface area contributed by atoms with E-state index in [1.165, 1.54) is 25.7 Å². The average Bonchev–Trinajstić information content (AvgIpc) is 2.69. The van der Waals surface area contributed by atoms with Crippen LogP contribution in [0.5, 0.6) is 11.5 Å². The summed E-state index contributed by atoms with van der Waals surface area (Å²) in [6.45, 7) is 0. The van der Waals surface area contributed by atoms with Crippen molar-refractivity contribution in [3.63, 3.8) is 0 Å². The van der Waals surface area contributed by atoms with Crippen LogP contribution in [0.15, 0.2) is 12.1 Å². The number of rotatable bonds is 4. The molecule has 1 saturated carbocycles. The lowest BCUT2D eigenvalue weighted by molar-refractivity contribution is 0.112. The molecule has 104 valence electrons. The number of halogens is 1. The molecule has 1 aliphatic rings. The predicted molar refractivity (Wildman–Crippen MR) is 75.5 cm³/mol. The molecule has 4 heteroatoms. The number of methoxy groups -OCH3 is 1. The lowest BCUT2D eigenvalue weighted by Gasteiger charge is -2.20. The van der Waals surface area contributed by atoms with Crippen molar-refractivity contribution in [2.45, 2.75) is 44.6 Å². The van der Waals surface area contributed by atoms with Crippen molar-refractivity contribution in [2.24, 2.45) is 0 Å². The molecule has 0 heterocycles. The molecule has 0 amide bonds. The molecule has 0 radical (unpaired) electrons. The van der Waals surface area contributed by atoms with Gasteiger partial charge in [-0.2, -0.15) is 0 Å². The number of ether oxygens (including phenoxy) is 2. The second kappa shape index (κ2) is 6.80. The molecule has 1 fully saturated rings. The van der Waals surface area contributed by atoms with E-state index in [9.17, 15) is 4.79 Å². The second-order valence-electron chi connectivity index (χ2n) is 4.88. The van der Waals surface area contributed by atoms with Gasteiger partial charge < -0.3 is 9.47 Å². The van der Waals surface area contributed by atoms with Crippen molar-refractivity contribution >= 4 is 17.9 Å². The third kappa shape index (κ3) is 3.63. The number of aldehydes is 1. The van der Waals surface area contributed by atoms with Gasteiger partial charge in [0.15, 0.2) is 11.5 Å². The Morgan fingerprint density at radius 3 is 2.47 bits per heavy atom. The lowest BCUT2D eigenvalue weighted by atomic mass is 10.1. The van der Waals surface area contributed by atoms with Crippen LogP contribution < -0.4 is 9.47 Å². The molecule has 1 aromatic rings. The number of carbonyl (C=O) groups is 1. The van der Waals surface area contributed by atoms with Crippen LogP contribution in [0.3, 0.4) is 0 Å². The smallest absolute Gasteiger partial charge is 0.180 e. The summed E-state index contributed by atoms with van der Waals surface area (Å²) in [5, 5.41) is 0.436. The first-order valence-corrected chi connectivity index (χ1v) is 7.11. The number of hydrogen-bond acceptors (Lipinski definition) is 3. The third-order valence-corrected chi connectivity index (χ3v) is 3.76. The van der Waals surface area contributed by atoms with Gasteiger partial charge in [0.2, 0.25) is 0 Å². The summed E-state index contributed by atoms with van der Waals surface area (Å²) in [7, 11) is 1.56. The van der Waals surface area contributed by atoms with Crippen LogP contribution in [-0.2, 0) is 0 Å². The molecule has 0 saturated heterocycles. The van der Waals surface area contributed by atoms with Crippen molar-refractivity contribution in [3.8, 4) is 11.5 Å². The minimum atomic E-state index is 0.191. The van der Waals surface area contributed by atoms with E-state index < -0.39 is 0 Å². The summed E-state index contributed by atoms with van der Waals surface area (Å²) < 4.78 is 11.3. The van der Waals surface area contributed by atoms with E-state index in [1.807, 2.05) is 0 Å². The van der Waals surface area contributed by atoms with Gasteiger partial charge in [-0.3, -0.25) is 4.79 Å². The molecule has 1 aromatic carbocycles. The third-order valence-electron chi connectivity index (χ3n) is 3.47. The van der Waals surface area contributed by atoms with Crippen molar-refractivity contribution < 1.29 is 14.3 Å². The molecule has 2 rings (SSSR count). The van der Waals surface area contributed by atoms with Gasteiger partial charge in [0, 0.05) is 5.56 Å². The first-order valence-electron chi connectivity index (χ1n) is 6.74. The number of benzene rings is 1. The van der Waals surface area contributed by atoms with E-state index in [4.69, 9.17) is 21.1 Å². The fraction of sp³-hybridized carbons (Fsp3) is 0.533. The Labute approximate surface area is 118 Å². The predicted octanol–water partition coefficient (Wildman–Crippen LogP) is 4.26. The monoisotopic (exact) mass is 282 g/mol. The molecular weight excluding hydrogens is 264 g/mol. The summed E-state index contributed by atoms with van der Waals surface area (Å²) in [5.74, 6) is 1.08. The summed E-state index contributed by atoms with van der Waals surface area (Å²) in [6.07, 6.45) is 7.97. The van der Waals surface area contributed by atoms with Crippen molar-refractivity contribution in [1.29, 1.82) is 0 Å². The molecule has 0 aliphatic heterocycles. The zero-order valence-corrected chi connectivity index (χ0v) is 11.9. The Morgan fingerprint density at radius 2 is 1.89 bits per heavy atom. The number of carbonyl (C=O) groups excluding carboxylic acids is 1. The van der Waals surface area contributed by atoms with Crippen LogP contribution in [0.4, 0.5) is 0 Å². The molecule has 19 heavy (non-hydrogen) atoms. The highest BCUT2D eigenvalue weighted by Crippen LogP contribution is 2.38. The highest BCUT2D eigenvalue weighted by Gasteiger charge is 2.19. The maximum Gasteiger partial charge on any atom is 0.180 e. The van der Waals surface area contributed by atoms with E-state index in [0.717, 1.165) is 19.1 Å². The van der Waals surface area contributed by atoms with Crippen LogP contribution in [0.25, 0.3) is 0 Å². The van der Waals surface area contributed by atoms with Gasteiger partial charge >= 0.3 is 0 Å². The minimum absolute atomic E-state index is 0.191. The Bertz CT molecular complexity index is 437. The van der Waals surface area contributed by atoms with Crippen molar-refractivity contribution in [3.05, 3.63) is 22.7 Å². The molecule has 0 atom stereocenters. The van der Waals surface area contributed by atoms with Gasteiger partial charge in [-0.25, -0.2) is 0 Å². The lowest BCUT2D eigenvalue weighted by Crippen LogP contribution is -2.16. The summed E-state index contributed by atoms with van der Waals surface area (Å²) in [6, 6.07) is 3.27. The van der Waals surface area contributed by atoms with Crippen LogP contribution in [0, 0.1) is 0 Å².